The quantitative estimate of drug-likeness (QED) is 0.444. The molecule has 1 aromatic carbocycles. The number of ether oxygens (including phenoxy) is 1. The largest absolute Gasteiger partial charge is 0.495 e. The van der Waals surface area contributed by atoms with E-state index in [1.165, 1.54) is 0 Å². The molecule has 1 heterocycles. The van der Waals surface area contributed by atoms with Gasteiger partial charge >= 0.3 is 0 Å². The molecule has 0 radical (unpaired) electrons. The number of anilines is 1. The molecule has 0 aliphatic rings. The standard InChI is InChI=1S/C15H20N4O2.HI/c1-10(2)13-8-11(21-19-13)9-17-15(16)18-12-6-4-5-7-14(12)20-3;/h4-8,10H,9H2,1-3H3,(H3,16,17,18);1H. The first-order valence-corrected chi connectivity index (χ1v) is 6.75. The van der Waals surface area contributed by atoms with Gasteiger partial charge < -0.3 is 20.3 Å². The van der Waals surface area contributed by atoms with Gasteiger partial charge in [0.25, 0.3) is 0 Å². The highest BCUT2D eigenvalue weighted by molar-refractivity contribution is 14.0. The Morgan fingerprint density at radius 1 is 1.41 bits per heavy atom. The summed E-state index contributed by atoms with van der Waals surface area (Å²) >= 11 is 0. The summed E-state index contributed by atoms with van der Waals surface area (Å²) in [5.74, 6) is 2.01. The molecular formula is C15H21IN4O2. The Bertz CT molecular complexity index is 626. The summed E-state index contributed by atoms with van der Waals surface area (Å²) in [5, 5.41) is 6.98. The Kier molecular flexibility index (Phi) is 7.16. The van der Waals surface area contributed by atoms with Crippen molar-refractivity contribution in [3.8, 4) is 5.75 Å². The maximum atomic E-state index is 5.87. The van der Waals surface area contributed by atoms with Gasteiger partial charge in [0.15, 0.2) is 11.7 Å². The molecule has 0 aliphatic carbocycles. The van der Waals surface area contributed by atoms with Crippen LogP contribution in [0.3, 0.4) is 0 Å². The third-order valence-electron chi connectivity index (χ3n) is 2.94. The van der Waals surface area contributed by atoms with E-state index in [9.17, 15) is 0 Å². The van der Waals surface area contributed by atoms with Crippen molar-refractivity contribution < 1.29 is 9.26 Å². The lowest BCUT2D eigenvalue weighted by atomic mass is 10.1. The van der Waals surface area contributed by atoms with Crippen molar-refractivity contribution in [3.05, 3.63) is 41.8 Å². The average Bonchev–Trinajstić information content (AvgIpc) is 2.95. The highest BCUT2D eigenvalue weighted by Crippen LogP contribution is 2.22. The molecule has 22 heavy (non-hydrogen) atoms. The number of aliphatic imine (C=N–C) groups is 1. The van der Waals surface area contributed by atoms with Gasteiger partial charge in [0.1, 0.15) is 12.3 Å². The second-order valence-corrected chi connectivity index (χ2v) is 4.90. The summed E-state index contributed by atoms with van der Waals surface area (Å²) in [4.78, 5) is 4.23. The van der Waals surface area contributed by atoms with E-state index in [1.54, 1.807) is 7.11 Å². The molecule has 0 spiro atoms. The molecule has 0 aliphatic heterocycles. The third kappa shape index (κ3) is 4.90. The zero-order chi connectivity index (χ0) is 15.2. The molecule has 120 valence electrons. The van der Waals surface area contributed by atoms with E-state index >= 15 is 0 Å². The first kappa shape index (κ1) is 18.3. The molecule has 0 saturated heterocycles. The monoisotopic (exact) mass is 416 g/mol. The summed E-state index contributed by atoms with van der Waals surface area (Å²) in [7, 11) is 1.61. The van der Waals surface area contributed by atoms with Crippen LogP contribution in [0.1, 0.15) is 31.2 Å². The smallest absolute Gasteiger partial charge is 0.193 e. The van der Waals surface area contributed by atoms with Gasteiger partial charge in [0, 0.05) is 6.07 Å². The number of guanidine groups is 1. The van der Waals surface area contributed by atoms with Gasteiger partial charge in [0.2, 0.25) is 0 Å². The first-order chi connectivity index (χ1) is 10.1. The molecule has 1 aromatic heterocycles. The predicted octanol–water partition coefficient (Wildman–Crippen LogP) is 3.35. The number of hydrogen-bond acceptors (Lipinski definition) is 4. The molecule has 7 heteroatoms. The maximum Gasteiger partial charge on any atom is 0.193 e. The van der Waals surface area contributed by atoms with E-state index in [2.05, 4.69) is 29.3 Å². The Labute approximate surface area is 147 Å². The highest BCUT2D eigenvalue weighted by atomic mass is 127. The fourth-order valence-corrected chi connectivity index (χ4v) is 1.76. The third-order valence-corrected chi connectivity index (χ3v) is 2.94. The van der Waals surface area contributed by atoms with Crippen LogP contribution in [0, 0.1) is 0 Å². The van der Waals surface area contributed by atoms with Gasteiger partial charge in [-0.2, -0.15) is 0 Å². The number of aromatic nitrogens is 1. The summed E-state index contributed by atoms with van der Waals surface area (Å²) in [6, 6.07) is 9.39. The Morgan fingerprint density at radius 3 is 2.77 bits per heavy atom. The van der Waals surface area contributed by atoms with Gasteiger partial charge in [-0.25, -0.2) is 4.99 Å². The molecular weight excluding hydrogens is 395 g/mol. The number of nitrogens with zero attached hydrogens (tertiary/aromatic N) is 2. The van der Waals surface area contributed by atoms with Gasteiger partial charge in [-0.1, -0.05) is 31.1 Å². The van der Waals surface area contributed by atoms with Gasteiger partial charge in [-0.3, -0.25) is 0 Å². The highest BCUT2D eigenvalue weighted by Gasteiger charge is 2.07. The van der Waals surface area contributed by atoms with Gasteiger partial charge in [-0.15, -0.1) is 24.0 Å². The van der Waals surface area contributed by atoms with Crippen molar-refractivity contribution in [2.45, 2.75) is 26.3 Å². The molecule has 0 atom stereocenters. The summed E-state index contributed by atoms with van der Waals surface area (Å²) in [6.45, 7) is 4.46. The lowest BCUT2D eigenvalue weighted by molar-refractivity contribution is 0.376. The number of para-hydroxylation sites is 2. The van der Waals surface area contributed by atoms with E-state index in [0.717, 1.165) is 11.4 Å². The normalized spacial score (nSPS) is 11.2. The molecule has 6 nitrogen and oxygen atoms in total. The Hall–Kier alpha value is -1.77. The zero-order valence-electron chi connectivity index (χ0n) is 12.9. The second-order valence-electron chi connectivity index (χ2n) is 4.90. The number of nitrogens with one attached hydrogen (secondary N) is 1. The minimum atomic E-state index is 0. The number of hydrogen-bond donors (Lipinski definition) is 2. The van der Waals surface area contributed by atoms with Crippen molar-refractivity contribution in [1.82, 2.24) is 5.16 Å². The summed E-state index contributed by atoms with van der Waals surface area (Å²) < 4.78 is 10.4. The van der Waals surface area contributed by atoms with Gasteiger partial charge in [0.05, 0.1) is 18.5 Å². The van der Waals surface area contributed by atoms with E-state index in [4.69, 9.17) is 15.0 Å². The van der Waals surface area contributed by atoms with Crippen LogP contribution >= 0.6 is 24.0 Å². The molecule has 2 rings (SSSR count). The van der Waals surface area contributed by atoms with Crippen LogP contribution in [-0.2, 0) is 6.54 Å². The van der Waals surface area contributed by atoms with Crippen LogP contribution in [0.2, 0.25) is 0 Å². The minimum Gasteiger partial charge on any atom is -0.495 e. The molecule has 3 N–H and O–H groups in total. The molecule has 0 saturated carbocycles. The lowest BCUT2D eigenvalue weighted by Gasteiger charge is -2.09. The van der Waals surface area contributed by atoms with Crippen molar-refractivity contribution in [2.75, 3.05) is 12.4 Å². The van der Waals surface area contributed by atoms with Gasteiger partial charge in [-0.05, 0) is 18.1 Å². The fraction of sp³-hybridized carbons (Fsp3) is 0.333. The van der Waals surface area contributed by atoms with Crippen LogP contribution in [0.5, 0.6) is 5.75 Å². The Morgan fingerprint density at radius 2 is 2.14 bits per heavy atom. The lowest BCUT2D eigenvalue weighted by Crippen LogP contribution is -2.22. The molecule has 0 fully saturated rings. The molecule has 0 bridgehead atoms. The predicted molar refractivity (Wildman–Crippen MR) is 98.0 cm³/mol. The van der Waals surface area contributed by atoms with Crippen molar-refractivity contribution in [1.29, 1.82) is 0 Å². The number of benzene rings is 1. The number of methoxy groups -OCH3 is 1. The van der Waals surface area contributed by atoms with Crippen molar-refractivity contribution >= 4 is 35.6 Å². The van der Waals surface area contributed by atoms with E-state index < -0.39 is 0 Å². The van der Waals surface area contributed by atoms with Crippen LogP contribution in [0.4, 0.5) is 5.69 Å². The topological polar surface area (TPSA) is 85.7 Å². The van der Waals surface area contributed by atoms with Crippen LogP contribution < -0.4 is 15.8 Å². The molecule has 2 aromatic rings. The minimum absolute atomic E-state index is 0. The summed E-state index contributed by atoms with van der Waals surface area (Å²) in [5.41, 5.74) is 7.54. The van der Waals surface area contributed by atoms with E-state index in [-0.39, 0.29) is 24.0 Å². The SMILES string of the molecule is COc1ccccc1NC(N)=NCc1cc(C(C)C)no1.I. The summed E-state index contributed by atoms with van der Waals surface area (Å²) in [6.07, 6.45) is 0. The number of nitrogens with two attached hydrogens (primary N) is 1. The van der Waals surface area contributed by atoms with Crippen LogP contribution in [0.25, 0.3) is 0 Å². The fourth-order valence-electron chi connectivity index (χ4n) is 1.76. The number of rotatable bonds is 5. The maximum absolute atomic E-state index is 5.87. The second kappa shape index (κ2) is 8.62. The average molecular weight is 416 g/mol. The van der Waals surface area contributed by atoms with Crippen molar-refractivity contribution in [2.24, 2.45) is 10.7 Å². The van der Waals surface area contributed by atoms with E-state index in [0.29, 0.717) is 29.9 Å². The Balaban J connectivity index is 0.00000242. The van der Waals surface area contributed by atoms with Crippen LogP contribution in [0.15, 0.2) is 39.8 Å². The van der Waals surface area contributed by atoms with Crippen molar-refractivity contribution in [3.63, 3.8) is 0 Å². The molecule has 0 amide bonds. The first-order valence-electron chi connectivity index (χ1n) is 6.75. The van der Waals surface area contributed by atoms with E-state index in [1.807, 2.05) is 30.3 Å². The molecule has 0 unspecified atom stereocenters. The number of halogens is 1. The zero-order valence-corrected chi connectivity index (χ0v) is 15.2. The van der Waals surface area contributed by atoms with Crippen LogP contribution in [-0.4, -0.2) is 18.2 Å².